The number of halogens is 1. The maximum Gasteiger partial charge on any atom is 0.312 e. The molecule has 1 aromatic heterocycles. The minimum Gasteiger partial charge on any atom is -0.479 e. The molecule has 0 saturated carbocycles. The van der Waals surface area contributed by atoms with E-state index in [0.717, 1.165) is 18.5 Å². The van der Waals surface area contributed by atoms with Crippen molar-refractivity contribution in [2.24, 2.45) is 4.99 Å². The van der Waals surface area contributed by atoms with Gasteiger partial charge in [-0.25, -0.2) is 4.98 Å². The van der Waals surface area contributed by atoms with Crippen LogP contribution in [0.5, 0.6) is 5.95 Å². The van der Waals surface area contributed by atoms with E-state index < -0.39 is 0 Å². The number of oxazole rings is 1. The van der Waals surface area contributed by atoms with Crippen molar-refractivity contribution in [3.63, 3.8) is 0 Å². The first-order valence-corrected chi connectivity index (χ1v) is 8.46. The third-order valence-corrected chi connectivity index (χ3v) is 3.91. The average Bonchev–Trinajstić information content (AvgIpc) is 2.93. The van der Waals surface area contributed by atoms with E-state index in [2.05, 4.69) is 16.9 Å². The second kappa shape index (κ2) is 8.73. The van der Waals surface area contributed by atoms with Crippen molar-refractivity contribution < 1.29 is 9.52 Å². The fourth-order valence-corrected chi connectivity index (χ4v) is 2.43. The number of aromatic hydroxyl groups is 1. The van der Waals surface area contributed by atoms with Crippen molar-refractivity contribution in [2.45, 2.75) is 46.0 Å². The molecule has 0 radical (unpaired) electrons. The molecule has 124 valence electrons. The Morgan fingerprint density at radius 2 is 1.87 bits per heavy atom. The molecule has 1 N–H and O–H groups in total. The minimum atomic E-state index is -0.192. The summed E-state index contributed by atoms with van der Waals surface area (Å²) in [6.45, 7) is 4.79. The molecule has 1 aromatic carbocycles. The lowest BCUT2D eigenvalue weighted by molar-refractivity contribution is 0.336. The van der Waals surface area contributed by atoms with Crippen LogP contribution >= 0.6 is 11.6 Å². The van der Waals surface area contributed by atoms with E-state index in [1.165, 1.54) is 25.7 Å². The summed E-state index contributed by atoms with van der Waals surface area (Å²) >= 11 is 5.87. The Balaban J connectivity index is 2.01. The third-order valence-electron chi connectivity index (χ3n) is 3.65. The van der Waals surface area contributed by atoms with Crippen molar-refractivity contribution >= 4 is 17.3 Å². The molecule has 2 rings (SSSR count). The lowest BCUT2D eigenvalue weighted by atomic mass is 10.1. The third kappa shape index (κ3) is 5.10. The quantitative estimate of drug-likeness (QED) is 0.513. The lowest BCUT2D eigenvalue weighted by Gasteiger charge is -1.98. The highest BCUT2D eigenvalue weighted by Crippen LogP contribution is 2.27. The van der Waals surface area contributed by atoms with Crippen LogP contribution in [0.1, 0.15) is 51.6 Å². The number of nitrogens with zero attached hydrogens (tertiary/aromatic N) is 2. The van der Waals surface area contributed by atoms with Crippen LogP contribution in [-0.4, -0.2) is 22.3 Å². The second-order valence-electron chi connectivity index (χ2n) is 5.56. The Bertz CT molecular complexity index is 648. The van der Waals surface area contributed by atoms with E-state index >= 15 is 0 Å². The number of benzene rings is 1. The van der Waals surface area contributed by atoms with Crippen molar-refractivity contribution in [3.05, 3.63) is 35.0 Å². The summed E-state index contributed by atoms with van der Waals surface area (Å²) in [5.41, 5.74) is 1.87. The monoisotopic (exact) mass is 334 g/mol. The Morgan fingerprint density at radius 3 is 2.57 bits per heavy atom. The first-order chi connectivity index (χ1) is 11.1. The normalized spacial score (nSPS) is 11.9. The molecular formula is C18H23ClN2O2. The highest BCUT2D eigenvalue weighted by Gasteiger charge is 2.16. The Kier molecular flexibility index (Phi) is 6.66. The molecule has 0 saturated heterocycles. The lowest BCUT2D eigenvalue weighted by Crippen LogP contribution is -1.98. The summed E-state index contributed by atoms with van der Waals surface area (Å²) in [6.07, 6.45) is 6.01. The summed E-state index contributed by atoms with van der Waals surface area (Å²) in [7, 11) is 0. The number of unbranched alkanes of at least 4 members (excludes halogenated alkanes) is 4. The van der Waals surface area contributed by atoms with Gasteiger partial charge in [-0.15, -0.1) is 0 Å². The van der Waals surface area contributed by atoms with Crippen molar-refractivity contribution in [2.75, 3.05) is 6.54 Å². The number of aromatic nitrogens is 1. The minimum absolute atomic E-state index is 0.192. The topological polar surface area (TPSA) is 58.6 Å². The average molecular weight is 335 g/mol. The molecule has 0 atom stereocenters. The molecule has 0 aliphatic heterocycles. The van der Waals surface area contributed by atoms with E-state index in [1.54, 1.807) is 24.3 Å². The van der Waals surface area contributed by atoms with Crippen LogP contribution in [-0.2, 0) is 0 Å². The predicted octanol–water partition coefficient (Wildman–Crippen LogP) is 5.48. The molecule has 5 heteroatoms. The van der Waals surface area contributed by atoms with Crippen molar-refractivity contribution in [3.8, 4) is 17.4 Å². The van der Waals surface area contributed by atoms with E-state index in [9.17, 15) is 5.11 Å². The highest BCUT2D eigenvalue weighted by atomic mass is 35.5. The van der Waals surface area contributed by atoms with E-state index in [1.807, 2.05) is 6.92 Å². The van der Waals surface area contributed by atoms with Gasteiger partial charge in [0.05, 0.1) is 5.71 Å². The molecule has 2 aromatic rings. The van der Waals surface area contributed by atoms with Gasteiger partial charge in [-0.2, -0.15) is 0 Å². The van der Waals surface area contributed by atoms with Gasteiger partial charge < -0.3 is 9.52 Å². The summed E-state index contributed by atoms with van der Waals surface area (Å²) in [5.74, 6) is 0.175. The second-order valence-corrected chi connectivity index (χ2v) is 6.00. The Hall–Kier alpha value is -1.81. The summed E-state index contributed by atoms with van der Waals surface area (Å²) < 4.78 is 5.34. The molecule has 1 heterocycles. The largest absolute Gasteiger partial charge is 0.479 e. The number of aliphatic imine (C=N–C) groups is 1. The molecule has 0 fully saturated rings. The molecular weight excluding hydrogens is 312 g/mol. The fourth-order valence-electron chi connectivity index (χ4n) is 2.30. The van der Waals surface area contributed by atoms with Gasteiger partial charge in [0.25, 0.3) is 0 Å². The summed E-state index contributed by atoms with van der Waals surface area (Å²) in [4.78, 5) is 8.83. The van der Waals surface area contributed by atoms with Crippen LogP contribution in [0.4, 0.5) is 0 Å². The number of rotatable bonds is 8. The molecule has 4 nitrogen and oxygen atoms in total. The SMILES string of the molecule is CCCCCCCN=C(C)c1nc(-c2ccc(Cl)cc2)oc1O. The fraction of sp³-hybridized carbons (Fsp3) is 0.444. The zero-order chi connectivity index (χ0) is 16.7. The number of hydrogen-bond donors (Lipinski definition) is 1. The zero-order valence-electron chi connectivity index (χ0n) is 13.7. The van der Waals surface area contributed by atoms with Gasteiger partial charge in [0.1, 0.15) is 0 Å². The van der Waals surface area contributed by atoms with Crippen LogP contribution < -0.4 is 0 Å². The van der Waals surface area contributed by atoms with Crippen LogP contribution in [0.15, 0.2) is 33.7 Å². The zero-order valence-corrected chi connectivity index (χ0v) is 14.4. The Morgan fingerprint density at radius 1 is 1.17 bits per heavy atom. The molecule has 0 aliphatic carbocycles. The van der Waals surface area contributed by atoms with Gasteiger partial charge >= 0.3 is 5.95 Å². The van der Waals surface area contributed by atoms with Gasteiger partial charge in [0, 0.05) is 17.1 Å². The maximum atomic E-state index is 9.95. The van der Waals surface area contributed by atoms with Crippen molar-refractivity contribution in [1.29, 1.82) is 0 Å². The van der Waals surface area contributed by atoms with E-state index in [-0.39, 0.29) is 5.95 Å². The van der Waals surface area contributed by atoms with Crippen LogP contribution in [0.3, 0.4) is 0 Å². The molecule has 0 bridgehead atoms. The first kappa shape index (κ1) is 17.5. The number of hydrogen-bond acceptors (Lipinski definition) is 4. The molecule has 0 spiro atoms. The molecule has 0 aliphatic rings. The predicted molar refractivity (Wildman–Crippen MR) is 94.5 cm³/mol. The Labute approximate surface area is 142 Å². The van der Waals surface area contributed by atoms with Gasteiger partial charge in [0.15, 0.2) is 5.69 Å². The maximum absolute atomic E-state index is 9.95. The molecule has 0 unspecified atom stereocenters. The van der Waals surface area contributed by atoms with Gasteiger partial charge in [-0.3, -0.25) is 4.99 Å². The standard InChI is InChI=1S/C18H23ClN2O2/c1-3-4-5-6-7-12-20-13(2)16-18(22)23-17(21-16)14-8-10-15(19)11-9-14/h8-11,22H,3-7,12H2,1-2H3. The van der Waals surface area contributed by atoms with Gasteiger partial charge in [-0.1, -0.05) is 44.2 Å². The molecule has 0 amide bonds. The summed E-state index contributed by atoms with van der Waals surface area (Å²) in [6, 6.07) is 7.12. The first-order valence-electron chi connectivity index (χ1n) is 8.09. The molecule has 23 heavy (non-hydrogen) atoms. The smallest absolute Gasteiger partial charge is 0.312 e. The van der Waals surface area contributed by atoms with E-state index in [0.29, 0.717) is 22.3 Å². The van der Waals surface area contributed by atoms with Crippen LogP contribution in [0, 0.1) is 0 Å². The van der Waals surface area contributed by atoms with Crippen LogP contribution in [0.2, 0.25) is 5.02 Å². The van der Waals surface area contributed by atoms with Gasteiger partial charge in [-0.05, 0) is 37.6 Å². The van der Waals surface area contributed by atoms with Gasteiger partial charge in [0.2, 0.25) is 5.89 Å². The van der Waals surface area contributed by atoms with Crippen molar-refractivity contribution in [1.82, 2.24) is 4.98 Å². The van der Waals surface area contributed by atoms with Crippen LogP contribution in [0.25, 0.3) is 11.5 Å². The highest BCUT2D eigenvalue weighted by molar-refractivity contribution is 6.30. The van der Waals surface area contributed by atoms with E-state index in [4.69, 9.17) is 16.0 Å². The summed E-state index contributed by atoms with van der Waals surface area (Å²) in [5, 5.41) is 10.6.